The summed E-state index contributed by atoms with van der Waals surface area (Å²) in [6, 6.07) is 14.3. The summed E-state index contributed by atoms with van der Waals surface area (Å²) in [5.74, 6) is 0.724. The summed E-state index contributed by atoms with van der Waals surface area (Å²) in [6.45, 7) is 2.62. The molecular formula is C23H28N4O3S2. The van der Waals surface area contributed by atoms with Crippen molar-refractivity contribution in [1.29, 1.82) is 0 Å². The summed E-state index contributed by atoms with van der Waals surface area (Å²) in [6.07, 6.45) is 4.73. The van der Waals surface area contributed by atoms with Gasteiger partial charge < -0.3 is 9.88 Å². The Morgan fingerprint density at radius 2 is 1.84 bits per heavy atom. The lowest BCUT2D eigenvalue weighted by Gasteiger charge is -2.13. The molecule has 3 aromatic rings. The number of carbonyl (C=O) groups excluding carboxylic acids is 1. The topological polar surface area (TPSA) is 107 Å². The Bertz CT molecular complexity index is 1200. The van der Waals surface area contributed by atoms with E-state index in [0.717, 1.165) is 36.2 Å². The molecule has 9 heteroatoms. The molecule has 170 valence electrons. The van der Waals surface area contributed by atoms with Crippen LogP contribution in [0.15, 0.2) is 58.5 Å². The van der Waals surface area contributed by atoms with Crippen LogP contribution in [0.3, 0.4) is 0 Å². The first-order valence-electron chi connectivity index (χ1n) is 10.4. The molecule has 1 amide bonds. The highest BCUT2D eigenvalue weighted by molar-refractivity contribution is 7.98. The number of nitrogens with two attached hydrogens (primary N) is 1. The molecule has 0 atom stereocenters. The number of primary sulfonamides is 1. The molecule has 0 unspecified atom stereocenters. The number of hydrogen-bond acceptors (Lipinski definition) is 5. The van der Waals surface area contributed by atoms with E-state index < -0.39 is 10.0 Å². The number of nitrogens with one attached hydrogen (secondary N) is 1. The van der Waals surface area contributed by atoms with Crippen LogP contribution in [-0.4, -0.2) is 37.2 Å². The summed E-state index contributed by atoms with van der Waals surface area (Å²) in [5, 5.41) is 8.82. The number of imidazole rings is 1. The molecule has 0 fully saturated rings. The number of benzene rings is 2. The third kappa shape index (κ3) is 5.23. The molecule has 2 aromatic carbocycles. The van der Waals surface area contributed by atoms with Gasteiger partial charge in [0.2, 0.25) is 10.0 Å². The number of aromatic nitrogens is 2. The fraction of sp³-hybridized carbons (Fsp3) is 0.304. The van der Waals surface area contributed by atoms with Gasteiger partial charge in [0.05, 0.1) is 4.90 Å². The maximum Gasteiger partial charge on any atom is 0.270 e. The Morgan fingerprint density at radius 3 is 2.44 bits per heavy atom. The van der Waals surface area contributed by atoms with Gasteiger partial charge in [-0.15, -0.1) is 11.8 Å². The highest BCUT2D eigenvalue weighted by Gasteiger charge is 2.22. The third-order valence-corrected chi connectivity index (χ3v) is 6.84. The molecule has 7 nitrogen and oxygen atoms in total. The van der Waals surface area contributed by atoms with Crippen molar-refractivity contribution in [2.75, 3.05) is 13.3 Å². The molecule has 0 saturated heterocycles. The van der Waals surface area contributed by atoms with Crippen molar-refractivity contribution in [3.63, 3.8) is 0 Å². The number of carbonyl (C=O) groups is 1. The zero-order chi connectivity index (χ0) is 23.3. The molecule has 0 aliphatic carbocycles. The summed E-state index contributed by atoms with van der Waals surface area (Å²) >= 11 is 1.46. The minimum atomic E-state index is -3.83. The Morgan fingerprint density at radius 1 is 1.16 bits per heavy atom. The van der Waals surface area contributed by atoms with Gasteiger partial charge in [-0.25, -0.2) is 18.5 Å². The highest BCUT2D eigenvalue weighted by Crippen LogP contribution is 2.28. The molecule has 3 N–H and O–H groups in total. The van der Waals surface area contributed by atoms with Gasteiger partial charge in [-0.2, -0.15) is 0 Å². The van der Waals surface area contributed by atoms with Crippen LogP contribution in [0.25, 0.3) is 11.1 Å². The van der Waals surface area contributed by atoms with E-state index in [1.165, 1.54) is 17.8 Å². The van der Waals surface area contributed by atoms with E-state index in [1.54, 1.807) is 25.2 Å². The molecule has 0 bridgehead atoms. The average Bonchev–Trinajstić information content (AvgIpc) is 3.14. The predicted octanol–water partition coefficient (Wildman–Crippen LogP) is 3.67. The molecule has 1 heterocycles. The molecule has 0 spiro atoms. The van der Waals surface area contributed by atoms with Crippen LogP contribution < -0.4 is 10.5 Å². The van der Waals surface area contributed by atoms with Gasteiger partial charge in [0.15, 0.2) is 0 Å². The SMILES string of the molecule is CCCCc1nc(SC)c(C(=O)NC)n1Cc1ccc(-c2ccccc2S(N)(=O)=O)cc1. The standard InChI is InChI=1S/C23H28N4O3S2/c1-4-5-10-20-26-23(31-3)21(22(28)25-2)27(20)15-16-11-13-17(14-12-16)18-8-6-7-9-19(18)32(24,29)30/h6-9,11-14H,4-5,10,15H2,1-3H3,(H,25,28)(H2,24,29,30). The maximum atomic E-state index is 12.6. The first kappa shape index (κ1) is 24.0. The van der Waals surface area contributed by atoms with Gasteiger partial charge in [0, 0.05) is 25.6 Å². The molecule has 0 radical (unpaired) electrons. The van der Waals surface area contributed by atoms with Crippen LogP contribution in [0.5, 0.6) is 0 Å². The Labute approximate surface area is 193 Å². The van der Waals surface area contributed by atoms with Crippen LogP contribution in [0.2, 0.25) is 0 Å². The number of sulfonamides is 1. The van der Waals surface area contributed by atoms with E-state index in [9.17, 15) is 13.2 Å². The molecule has 1 aromatic heterocycles. The van der Waals surface area contributed by atoms with Crippen molar-refractivity contribution in [1.82, 2.24) is 14.9 Å². The Kier molecular flexibility index (Phi) is 7.76. The molecule has 0 aliphatic heterocycles. The average molecular weight is 473 g/mol. The van der Waals surface area contributed by atoms with Gasteiger partial charge >= 0.3 is 0 Å². The minimum absolute atomic E-state index is 0.0933. The quantitative estimate of drug-likeness (QED) is 0.462. The number of unbranched alkanes of at least 4 members (excludes halogenated alkanes) is 1. The summed E-state index contributed by atoms with van der Waals surface area (Å²) in [5.41, 5.74) is 2.86. The zero-order valence-corrected chi connectivity index (χ0v) is 20.1. The maximum absolute atomic E-state index is 12.6. The second-order valence-electron chi connectivity index (χ2n) is 7.39. The summed E-state index contributed by atoms with van der Waals surface area (Å²) < 4.78 is 25.9. The van der Waals surface area contributed by atoms with E-state index >= 15 is 0 Å². The lowest BCUT2D eigenvalue weighted by Crippen LogP contribution is -2.23. The minimum Gasteiger partial charge on any atom is -0.354 e. The van der Waals surface area contributed by atoms with Gasteiger partial charge in [-0.3, -0.25) is 4.79 Å². The Balaban J connectivity index is 1.99. The van der Waals surface area contributed by atoms with Gasteiger partial charge in [-0.1, -0.05) is 55.8 Å². The molecule has 0 saturated carbocycles. The van der Waals surface area contributed by atoms with E-state index in [1.807, 2.05) is 35.1 Å². The van der Waals surface area contributed by atoms with Crippen LogP contribution in [0.1, 0.15) is 41.6 Å². The lowest BCUT2D eigenvalue weighted by molar-refractivity contribution is 0.0950. The number of aryl methyl sites for hydroxylation is 1. The summed E-state index contributed by atoms with van der Waals surface area (Å²) in [7, 11) is -2.21. The van der Waals surface area contributed by atoms with Crippen molar-refractivity contribution < 1.29 is 13.2 Å². The fourth-order valence-electron chi connectivity index (χ4n) is 3.58. The smallest absolute Gasteiger partial charge is 0.270 e. The van der Waals surface area contributed by atoms with Gasteiger partial charge in [0.1, 0.15) is 16.5 Å². The molecular weight excluding hydrogens is 444 g/mol. The lowest BCUT2D eigenvalue weighted by atomic mass is 10.0. The Hall–Kier alpha value is -2.62. The first-order chi connectivity index (χ1) is 15.3. The van der Waals surface area contributed by atoms with Crippen molar-refractivity contribution in [3.8, 4) is 11.1 Å². The first-order valence-corrected chi connectivity index (χ1v) is 13.1. The number of amides is 1. The van der Waals surface area contributed by atoms with Crippen LogP contribution in [0.4, 0.5) is 0 Å². The fourth-order valence-corrected chi connectivity index (χ4v) is 4.93. The van der Waals surface area contributed by atoms with E-state index in [4.69, 9.17) is 10.1 Å². The van der Waals surface area contributed by atoms with E-state index in [0.29, 0.717) is 22.8 Å². The van der Waals surface area contributed by atoms with Crippen LogP contribution in [-0.2, 0) is 23.0 Å². The second-order valence-corrected chi connectivity index (χ2v) is 9.72. The predicted molar refractivity (Wildman–Crippen MR) is 128 cm³/mol. The van der Waals surface area contributed by atoms with Crippen molar-refractivity contribution >= 4 is 27.7 Å². The largest absolute Gasteiger partial charge is 0.354 e. The van der Waals surface area contributed by atoms with Crippen molar-refractivity contribution in [2.45, 2.75) is 42.7 Å². The number of hydrogen-bond donors (Lipinski definition) is 2. The van der Waals surface area contributed by atoms with Crippen LogP contribution >= 0.6 is 11.8 Å². The van der Waals surface area contributed by atoms with E-state index in [2.05, 4.69) is 12.2 Å². The molecule has 32 heavy (non-hydrogen) atoms. The van der Waals surface area contributed by atoms with Crippen molar-refractivity contribution in [3.05, 3.63) is 65.6 Å². The second kappa shape index (κ2) is 10.3. The van der Waals surface area contributed by atoms with Gasteiger partial charge in [-0.05, 0) is 29.9 Å². The van der Waals surface area contributed by atoms with E-state index in [-0.39, 0.29) is 10.8 Å². The normalized spacial score (nSPS) is 11.5. The summed E-state index contributed by atoms with van der Waals surface area (Å²) in [4.78, 5) is 17.4. The zero-order valence-electron chi connectivity index (χ0n) is 18.5. The third-order valence-electron chi connectivity index (χ3n) is 5.20. The number of nitrogens with zero attached hydrogens (tertiary/aromatic N) is 2. The number of thioether (sulfide) groups is 1. The molecule has 0 aliphatic rings. The van der Waals surface area contributed by atoms with Crippen LogP contribution in [0, 0.1) is 0 Å². The highest BCUT2D eigenvalue weighted by atomic mass is 32.2. The van der Waals surface area contributed by atoms with Crippen molar-refractivity contribution in [2.24, 2.45) is 5.14 Å². The van der Waals surface area contributed by atoms with Gasteiger partial charge in [0.25, 0.3) is 5.91 Å². The number of rotatable bonds is 9. The molecule has 3 rings (SSSR count). The monoisotopic (exact) mass is 472 g/mol.